The van der Waals surface area contributed by atoms with E-state index in [4.69, 9.17) is 0 Å². The maximum Gasteiger partial charge on any atom is 0.311 e. The van der Waals surface area contributed by atoms with Gasteiger partial charge in [-0.05, 0) is 24.0 Å². The predicted molar refractivity (Wildman–Crippen MR) is 81.8 cm³/mol. The van der Waals surface area contributed by atoms with Crippen LogP contribution in [0.5, 0.6) is 0 Å². The third-order valence-electron chi connectivity index (χ3n) is 4.16. The number of rotatable bonds is 5. The summed E-state index contributed by atoms with van der Waals surface area (Å²) in [6.45, 7) is 4.18. The van der Waals surface area contributed by atoms with Crippen LogP contribution in [-0.4, -0.2) is 11.1 Å². The van der Waals surface area contributed by atoms with Crippen LogP contribution in [0.25, 0.3) is 0 Å². The lowest BCUT2D eigenvalue weighted by Crippen LogP contribution is -2.35. The molecule has 0 spiro atoms. The van der Waals surface area contributed by atoms with E-state index in [9.17, 15) is 9.90 Å². The normalized spacial score (nSPS) is 24.8. The number of hydrogen-bond donors (Lipinski definition) is 1. The maximum absolute atomic E-state index is 11.5. The van der Waals surface area contributed by atoms with Crippen LogP contribution in [0.2, 0.25) is 0 Å². The molecule has 0 heterocycles. The first-order valence-corrected chi connectivity index (χ1v) is 7.26. The zero-order chi connectivity index (χ0) is 14.6. The second-order valence-electron chi connectivity index (χ2n) is 5.64. The van der Waals surface area contributed by atoms with E-state index in [1.807, 2.05) is 25.2 Å². The van der Waals surface area contributed by atoms with Gasteiger partial charge in [0.05, 0.1) is 5.92 Å². The second kappa shape index (κ2) is 6.08. The molecule has 0 fully saturated rings. The highest BCUT2D eigenvalue weighted by Gasteiger charge is 2.37. The van der Waals surface area contributed by atoms with Crippen LogP contribution >= 0.6 is 0 Å². The van der Waals surface area contributed by atoms with Gasteiger partial charge in [0.25, 0.3) is 0 Å². The van der Waals surface area contributed by atoms with Crippen molar-refractivity contribution in [3.8, 4) is 0 Å². The van der Waals surface area contributed by atoms with Crippen molar-refractivity contribution in [3.63, 3.8) is 0 Å². The number of carboxylic acids is 1. The fourth-order valence-corrected chi connectivity index (χ4v) is 2.76. The minimum absolute atomic E-state index is 0.468. The first-order chi connectivity index (χ1) is 9.58. The van der Waals surface area contributed by atoms with Gasteiger partial charge in [0, 0.05) is 5.41 Å². The summed E-state index contributed by atoms with van der Waals surface area (Å²) in [6, 6.07) is 8.40. The average molecular weight is 270 g/mol. The quantitative estimate of drug-likeness (QED) is 0.874. The van der Waals surface area contributed by atoms with Crippen LogP contribution in [0.15, 0.2) is 48.6 Å². The van der Waals surface area contributed by atoms with Gasteiger partial charge in [-0.2, -0.15) is 0 Å². The minimum Gasteiger partial charge on any atom is -0.481 e. The summed E-state index contributed by atoms with van der Waals surface area (Å²) in [7, 11) is 0. The number of carboxylic acid groups (broad SMARTS) is 1. The van der Waals surface area contributed by atoms with Gasteiger partial charge in [-0.15, -0.1) is 0 Å². The van der Waals surface area contributed by atoms with E-state index in [-0.39, 0.29) is 0 Å². The van der Waals surface area contributed by atoms with E-state index in [0.717, 1.165) is 12.0 Å². The number of benzene rings is 1. The first-order valence-electron chi connectivity index (χ1n) is 7.26. The Labute approximate surface area is 120 Å². The fourth-order valence-electron chi connectivity index (χ4n) is 2.76. The summed E-state index contributed by atoms with van der Waals surface area (Å²) >= 11 is 0. The lowest BCUT2D eigenvalue weighted by Gasteiger charge is -2.33. The highest BCUT2D eigenvalue weighted by Crippen LogP contribution is 2.37. The topological polar surface area (TPSA) is 37.3 Å². The molecule has 2 atom stereocenters. The molecule has 1 aromatic rings. The molecule has 1 aromatic carbocycles. The molecule has 2 heteroatoms. The van der Waals surface area contributed by atoms with Gasteiger partial charge in [-0.1, -0.05) is 68.8 Å². The summed E-state index contributed by atoms with van der Waals surface area (Å²) in [6.07, 6.45) is 11.0. The van der Waals surface area contributed by atoms with E-state index in [1.54, 1.807) is 6.08 Å². The highest BCUT2D eigenvalue weighted by molar-refractivity contribution is 5.76. The van der Waals surface area contributed by atoms with Gasteiger partial charge in [-0.25, -0.2) is 0 Å². The average Bonchev–Trinajstić information content (AvgIpc) is 2.45. The number of unbranched alkanes of at least 4 members (excludes halogenated alkanes) is 1. The van der Waals surface area contributed by atoms with Crippen LogP contribution in [0.1, 0.15) is 37.8 Å². The Kier molecular flexibility index (Phi) is 4.43. The van der Waals surface area contributed by atoms with Crippen molar-refractivity contribution in [1.82, 2.24) is 0 Å². The minimum atomic E-state index is -0.775. The molecular formula is C18H22O2. The largest absolute Gasteiger partial charge is 0.481 e. The number of aryl methyl sites for hydroxylation is 1. The van der Waals surface area contributed by atoms with E-state index >= 15 is 0 Å². The molecule has 0 saturated carbocycles. The molecule has 0 saturated heterocycles. The highest BCUT2D eigenvalue weighted by atomic mass is 16.4. The molecular weight excluding hydrogens is 248 g/mol. The summed E-state index contributed by atoms with van der Waals surface area (Å²) < 4.78 is 0. The zero-order valence-corrected chi connectivity index (χ0v) is 12.2. The lowest BCUT2D eigenvalue weighted by atomic mass is 9.69. The van der Waals surface area contributed by atoms with Crippen molar-refractivity contribution >= 4 is 5.97 Å². The number of allylic oxidation sites excluding steroid dienone is 3. The lowest BCUT2D eigenvalue weighted by molar-refractivity contribution is -0.141. The molecule has 1 aliphatic carbocycles. The SMILES string of the molecule is CCCCc1ccc(C2(C)C=CC=CC2C(=O)O)cc1. The Morgan fingerprint density at radius 3 is 2.55 bits per heavy atom. The van der Waals surface area contributed by atoms with Gasteiger partial charge in [-0.3, -0.25) is 4.79 Å². The molecule has 0 bridgehead atoms. The Bertz CT molecular complexity index is 525. The monoisotopic (exact) mass is 270 g/mol. The van der Waals surface area contributed by atoms with E-state index in [0.29, 0.717) is 0 Å². The molecule has 106 valence electrons. The van der Waals surface area contributed by atoms with Gasteiger partial charge < -0.3 is 5.11 Å². The number of carbonyl (C=O) groups is 1. The third-order valence-corrected chi connectivity index (χ3v) is 4.16. The van der Waals surface area contributed by atoms with Crippen molar-refractivity contribution < 1.29 is 9.90 Å². The molecule has 2 rings (SSSR count). The zero-order valence-electron chi connectivity index (χ0n) is 12.2. The Balaban J connectivity index is 2.27. The summed E-state index contributed by atoms with van der Waals surface area (Å²) in [5.74, 6) is -1.28. The summed E-state index contributed by atoms with van der Waals surface area (Å²) in [5.41, 5.74) is 1.91. The van der Waals surface area contributed by atoms with E-state index in [1.165, 1.54) is 18.4 Å². The van der Waals surface area contributed by atoms with Crippen molar-refractivity contribution in [3.05, 3.63) is 59.7 Å². The van der Waals surface area contributed by atoms with Crippen LogP contribution in [0.3, 0.4) is 0 Å². The van der Waals surface area contributed by atoms with Crippen LogP contribution in [0, 0.1) is 5.92 Å². The molecule has 1 aliphatic rings. The third kappa shape index (κ3) is 2.84. The molecule has 2 unspecified atom stereocenters. The van der Waals surface area contributed by atoms with Crippen molar-refractivity contribution in [2.45, 2.75) is 38.5 Å². The molecule has 2 nitrogen and oxygen atoms in total. The second-order valence-corrected chi connectivity index (χ2v) is 5.64. The standard InChI is InChI=1S/C18H22O2/c1-3-4-7-14-9-11-15(12-10-14)18(2)13-6-5-8-16(18)17(19)20/h5-6,8-13,16H,3-4,7H2,1-2H3,(H,19,20). The summed E-state index contributed by atoms with van der Waals surface area (Å²) in [4.78, 5) is 11.5. The summed E-state index contributed by atoms with van der Waals surface area (Å²) in [5, 5.41) is 9.42. The maximum atomic E-state index is 11.5. The van der Waals surface area contributed by atoms with Crippen molar-refractivity contribution in [2.24, 2.45) is 5.92 Å². The molecule has 0 radical (unpaired) electrons. The van der Waals surface area contributed by atoms with Gasteiger partial charge >= 0.3 is 5.97 Å². The fraction of sp³-hybridized carbons (Fsp3) is 0.389. The Morgan fingerprint density at radius 1 is 1.25 bits per heavy atom. The van der Waals surface area contributed by atoms with Crippen molar-refractivity contribution in [1.29, 1.82) is 0 Å². The molecule has 20 heavy (non-hydrogen) atoms. The van der Waals surface area contributed by atoms with Gasteiger partial charge in [0.15, 0.2) is 0 Å². The first kappa shape index (κ1) is 14.6. The number of aliphatic carboxylic acids is 1. The molecule has 0 aromatic heterocycles. The Hall–Kier alpha value is -1.83. The van der Waals surface area contributed by atoms with E-state index in [2.05, 4.69) is 31.2 Å². The van der Waals surface area contributed by atoms with Crippen LogP contribution in [0.4, 0.5) is 0 Å². The van der Waals surface area contributed by atoms with E-state index < -0.39 is 17.3 Å². The molecule has 0 aliphatic heterocycles. The van der Waals surface area contributed by atoms with Crippen LogP contribution in [-0.2, 0) is 16.6 Å². The number of hydrogen-bond acceptors (Lipinski definition) is 1. The molecule has 0 amide bonds. The van der Waals surface area contributed by atoms with Gasteiger partial charge in [0.1, 0.15) is 0 Å². The van der Waals surface area contributed by atoms with Crippen molar-refractivity contribution in [2.75, 3.05) is 0 Å². The van der Waals surface area contributed by atoms with Gasteiger partial charge in [0.2, 0.25) is 0 Å². The predicted octanol–water partition coefficient (Wildman–Crippen LogP) is 4.11. The molecule has 1 N–H and O–H groups in total. The Morgan fingerprint density at radius 2 is 1.95 bits per heavy atom. The smallest absolute Gasteiger partial charge is 0.311 e. The van der Waals surface area contributed by atoms with Crippen LogP contribution < -0.4 is 0 Å².